The Bertz CT molecular complexity index is 381. The fourth-order valence-corrected chi connectivity index (χ4v) is 2.25. The van der Waals surface area contributed by atoms with Crippen LogP contribution in [0.25, 0.3) is 0 Å². The van der Waals surface area contributed by atoms with E-state index in [1.54, 1.807) is 0 Å². The first kappa shape index (κ1) is 13.6. The Labute approximate surface area is 111 Å². The SMILES string of the molecule is O=C(O)CCCNC(=O)NC1CC(=O)N(C2CC2)C1. The van der Waals surface area contributed by atoms with E-state index >= 15 is 0 Å². The van der Waals surface area contributed by atoms with Crippen molar-refractivity contribution in [3.8, 4) is 0 Å². The van der Waals surface area contributed by atoms with Crippen molar-refractivity contribution in [1.29, 1.82) is 0 Å². The van der Waals surface area contributed by atoms with Gasteiger partial charge in [0.15, 0.2) is 0 Å². The van der Waals surface area contributed by atoms with E-state index in [0.29, 0.717) is 32.0 Å². The molecular weight excluding hydrogens is 250 g/mol. The van der Waals surface area contributed by atoms with Gasteiger partial charge in [-0.05, 0) is 19.3 Å². The largest absolute Gasteiger partial charge is 0.481 e. The topological polar surface area (TPSA) is 98.7 Å². The lowest BCUT2D eigenvalue weighted by Crippen LogP contribution is -2.43. The van der Waals surface area contributed by atoms with E-state index in [2.05, 4.69) is 10.6 Å². The van der Waals surface area contributed by atoms with Crippen LogP contribution in [0.15, 0.2) is 0 Å². The highest BCUT2D eigenvalue weighted by atomic mass is 16.4. The Kier molecular flexibility index (Phi) is 4.24. The fraction of sp³-hybridized carbons (Fsp3) is 0.750. The van der Waals surface area contributed by atoms with Gasteiger partial charge in [-0.25, -0.2) is 4.79 Å². The van der Waals surface area contributed by atoms with Crippen molar-refractivity contribution < 1.29 is 19.5 Å². The smallest absolute Gasteiger partial charge is 0.315 e. The number of rotatable bonds is 6. The molecule has 0 aromatic heterocycles. The summed E-state index contributed by atoms with van der Waals surface area (Å²) in [6.45, 7) is 0.914. The van der Waals surface area contributed by atoms with Crippen molar-refractivity contribution in [2.45, 2.75) is 44.2 Å². The van der Waals surface area contributed by atoms with Crippen LogP contribution >= 0.6 is 0 Å². The van der Waals surface area contributed by atoms with Gasteiger partial charge in [-0.1, -0.05) is 0 Å². The van der Waals surface area contributed by atoms with Crippen molar-refractivity contribution in [1.82, 2.24) is 15.5 Å². The van der Waals surface area contributed by atoms with Crippen molar-refractivity contribution in [3.63, 3.8) is 0 Å². The molecule has 3 amide bonds. The van der Waals surface area contributed by atoms with Gasteiger partial charge in [0.2, 0.25) is 5.91 Å². The lowest BCUT2D eigenvalue weighted by atomic mass is 10.2. The monoisotopic (exact) mass is 269 g/mol. The number of hydrogen-bond acceptors (Lipinski definition) is 3. The number of nitrogens with zero attached hydrogens (tertiary/aromatic N) is 1. The van der Waals surface area contributed by atoms with E-state index in [1.807, 2.05) is 4.90 Å². The molecule has 106 valence electrons. The Morgan fingerprint density at radius 1 is 1.37 bits per heavy atom. The maximum atomic E-state index is 11.7. The van der Waals surface area contributed by atoms with Gasteiger partial charge >= 0.3 is 12.0 Å². The number of carboxylic acid groups (broad SMARTS) is 1. The van der Waals surface area contributed by atoms with Crippen molar-refractivity contribution >= 4 is 17.9 Å². The molecule has 2 fully saturated rings. The van der Waals surface area contributed by atoms with Gasteiger partial charge in [0.25, 0.3) is 0 Å². The molecule has 0 aromatic carbocycles. The van der Waals surface area contributed by atoms with Crippen LogP contribution < -0.4 is 10.6 Å². The Balaban J connectivity index is 1.63. The highest BCUT2D eigenvalue weighted by Gasteiger charge is 2.39. The number of amides is 3. The van der Waals surface area contributed by atoms with Gasteiger partial charge in [0, 0.05) is 32.0 Å². The second-order valence-electron chi connectivity index (χ2n) is 5.08. The third-order valence-electron chi connectivity index (χ3n) is 3.33. The molecular formula is C12H19N3O4. The number of hydrogen-bond donors (Lipinski definition) is 3. The number of aliphatic carboxylic acids is 1. The number of carbonyl (C=O) groups is 3. The summed E-state index contributed by atoms with van der Waals surface area (Å²) >= 11 is 0. The number of carboxylic acids is 1. The lowest BCUT2D eigenvalue weighted by Gasteiger charge is -2.16. The predicted octanol–water partition coefficient (Wildman–Crippen LogP) is -0.0863. The highest BCUT2D eigenvalue weighted by Crippen LogP contribution is 2.30. The van der Waals surface area contributed by atoms with Gasteiger partial charge in [0.1, 0.15) is 0 Å². The summed E-state index contributed by atoms with van der Waals surface area (Å²) in [6.07, 6.45) is 2.94. The Morgan fingerprint density at radius 3 is 2.74 bits per heavy atom. The lowest BCUT2D eigenvalue weighted by molar-refractivity contribution is -0.137. The van der Waals surface area contributed by atoms with Crippen LogP contribution in [0.4, 0.5) is 4.79 Å². The molecule has 7 heteroatoms. The number of urea groups is 1. The van der Waals surface area contributed by atoms with E-state index in [9.17, 15) is 14.4 Å². The zero-order chi connectivity index (χ0) is 13.8. The molecule has 2 rings (SSSR count). The summed E-state index contributed by atoms with van der Waals surface area (Å²) in [6, 6.07) is -0.0775. The number of likely N-dealkylation sites (tertiary alicyclic amines) is 1. The van der Waals surface area contributed by atoms with Crippen LogP contribution in [0, 0.1) is 0 Å². The van der Waals surface area contributed by atoms with E-state index in [1.165, 1.54) is 0 Å². The zero-order valence-electron chi connectivity index (χ0n) is 10.7. The first-order valence-corrected chi connectivity index (χ1v) is 6.62. The van der Waals surface area contributed by atoms with E-state index in [-0.39, 0.29) is 24.4 Å². The molecule has 2 aliphatic rings. The molecule has 1 unspecified atom stereocenters. The molecule has 1 saturated heterocycles. The molecule has 1 heterocycles. The predicted molar refractivity (Wildman–Crippen MR) is 66.5 cm³/mol. The van der Waals surface area contributed by atoms with Crippen LogP contribution in [0.2, 0.25) is 0 Å². The Morgan fingerprint density at radius 2 is 2.11 bits per heavy atom. The fourth-order valence-electron chi connectivity index (χ4n) is 2.25. The molecule has 19 heavy (non-hydrogen) atoms. The van der Waals surface area contributed by atoms with Crippen LogP contribution in [-0.4, -0.2) is 53.1 Å². The second kappa shape index (κ2) is 5.90. The van der Waals surface area contributed by atoms with Crippen LogP contribution in [0.5, 0.6) is 0 Å². The van der Waals surface area contributed by atoms with E-state index in [4.69, 9.17) is 5.11 Å². The number of carbonyl (C=O) groups excluding carboxylic acids is 2. The quantitative estimate of drug-likeness (QED) is 0.587. The summed E-state index contributed by atoms with van der Waals surface area (Å²) in [4.78, 5) is 35.4. The zero-order valence-corrected chi connectivity index (χ0v) is 10.7. The first-order chi connectivity index (χ1) is 9.06. The third-order valence-corrected chi connectivity index (χ3v) is 3.33. The van der Waals surface area contributed by atoms with Crippen molar-refractivity contribution in [3.05, 3.63) is 0 Å². The van der Waals surface area contributed by atoms with Gasteiger partial charge in [-0.3, -0.25) is 9.59 Å². The van der Waals surface area contributed by atoms with Gasteiger partial charge < -0.3 is 20.6 Å². The average molecular weight is 269 g/mol. The molecule has 0 aromatic rings. The van der Waals surface area contributed by atoms with Gasteiger partial charge in [0.05, 0.1) is 6.04 Å². The third kappa shape index (κ3) is 4.11. The summed E-state index contributed by atoms with van der Waals surface area (Å²) in [5.41, 5.74) is 0. The first-order valence-electron chi connectivity index (χ1n) is 6.62. The van der Waals surface area contributed by atoms with Crippen molar-refractivity contribution in [2.24, 2.45) is 0 Å². The minimum Gasteiger partial charge on any atom is -0.481 e. The van der Waals surface area contributed by atoms with E-state index in [0.717, 1.165) is 12.8 Å². The molecule has 1 aliphatic heterocycles. The van der Waals surface area contributed by atoms with E-state index < -0.39 is 5.97 Å². The van der Waals surface area contributed by atoms with Crippen LogP contribution in [-0.2, 0) is 9.59 Å². The minimum absolute atomic E-state index is 0.0393. The summed E-state index contributed by atoms with van der Waals surface area (Å²) in [7, 11) is 0. The summed E-state index contributed by atoms with van der Waals surface area (Å²) in [5, 5.41) is 13.8. The van der Waals surface area contributed by atoms with Gasteiger partial charge in [-0.2, -0.15) is 0 Å². The molecule has 1 saturated carbocycles. The molecule has 0 spiro atoms. The minimum atomic E-state index is -0.872. The number of nitrogens with one attached hydrogen (secondary N) is 2. The summed E-state index contributed by atoms with van der Waals surface area (Å²) in [5.74, 6) is -0.762. The molecule has 1 aliphatic carbocycles. The van der Waals surface area contributed by atoms with Crippen molar-refractivity contribution in [2.75, 3.05) is 13.1 Å². The summed E-state index contributed by atoms with van der Waals surface area (Å²) < 4.78 is 0. The maximum Gasteiger partial charge on any atom is 0.315 e. The van der Waals surface area contributed by atoms with Crippen LogP contribution in [0.1, 0.15) is 32.1 Å². The van der Waals surface area contributed by atoms with Gasteiger partial charge in [-0.15, -0.1) is 0 Å². The second-order valence-corrected chi connectivity index (χ2v) is 5.08. The molecule has 0 bridgehead atoms. The molecule has 3 N–H and O–H groups in total. The standard InChI is InChI=1S/C12H19N3O4/c16-10-6-8(7-15(10)9-3-4-9)14-12(19)13-5-1-2-11(17)18/h8-9H,1-7H2,(H,17,18)(H2,13,14,19). The molecule has 1 atom stereocenters. The Hall–Kier alpha value is -1.79. The molecule has 7 nitrogen and oxygen atoms in total. The highest BCUT2D eigenvalue weighted by molar-refractivity contribution is 5.82. The average Bonchev–Trinajstić information content (AvgIpc) is 3.10. The molecule has 0 radical (unpaired) electrons. The maximum absolute atomic E-state index is 11.7. The normalized spacial score (nSPS) is 22.4. The van der Waals surface area contributed by atoms with Crippen LogP contribution in [0.3, 0.4) is 0 Å².